The first-order valence-corrected chi connectivity index (χ1v) is 9.02. The van der Waals surface area contributed by atoms with Crippen LogP contribution in [0.4, 0.5) is 0 Å². The van der Waals surface area contributed by atoms with E-state index in [4.69, 9.17) is 0 Å². The molecule has 1 aliphatic heterocycles. The van der Waals surface area contributed by atoms with Crippen LogP contribution in [0.1, 0.15) is 25.0 Å². The SMILES string of the molecule is O=C(CCc1csc(-c2ccccc2)n1)N1CCCC(CO)C1. The molecule has 1 aromatic heterocycles. The number of aliphatic hydroxyl groups is 1. The average molecular weight is 330 g/mol. The number of likely N-dealkylation sites (tertiary alicyclic amines) is 1. The Morgan fingerprint density at radius 2 is 2.17 bits per heavy atom. The molecule has 2 heterocycles. The second kappa shape index (κ2) is 7.70. The lowest BCUT2D eigenvalue weighted by molar-refractivity contribution is -0.133. The van der Waals surface area contributed by atoms with Crippen LogP contribution in [0.25, 0.3) is 10.6 Å². The lowest BCUT2D eigenvalue weighted by Gasteiger charge is -2.31. The molecular formula is C18H22N2O2S. The predicted octanol–water partition coefficient (Wildman–Crippen LogP) is 2.97. The van der Waals surface area contributed by atoms with Crippen LogP contribution in [0.2, 0.25) is 0 Å². The number of carbonyl (C=O) groups excluding carboxylic acids is 1. The summed E-state index contributed by atoms with van der Waals surface area (Å²) < 4.78 is 0. The molecule has 1 aliphatic rings. The lowest BCUT2D eigenvalue weighted by atomic mass is 9.98. The van der Waals surface area contributed by atoms with E-state index >= 15 is 0 Å². The highest BCUT2D eigenvalue weighted by atomic mass is 32.1. The minimum absolute atomic E-state index is 0.177. The molecule has 0 spiro atoms. The zero-order valence-corrected chi connectivity index (χ0v) is 14.0. The van der Waals surface area contributed by atoms with Crippen molar-refractivity contribution in [1.82, 2.24) is 9.88 Å². The first-order chi connectivity index (χ1) is 11.3. The van der Waals surface area contributed by atoms with Crippen LogP contribution in [0, 0.1) is 5.92 Å². The van der Waals surface area contributed by atoms with Gasteiger partial charge in [-0.15, -0.1) is 11.3 Å². The number of rotatable bonds is 5. The van der Waals surface area contributed by atoms with E-state index in [-0.39, 0.29) is 18.4 Å². The van der Waals surface area contributed by atoms with Gasteiger partial charge < -0.3 is 10.0 Å². The zero-order valence-electron chi connectivity index (χ0n) is 13.1. The maximum absolute atomic E-state index is 12.3. The van der Waals surface area contributed by atoms with E-state index in [1.165, 1.54) is 0 Å². The molecule has 5 heteroatoms. The van der Waals surface area contributed by atoms with Crippen molar-refractivity contribution >= 4 is 17.2 Å². The third-order valence-electron chi connectivity index (χ3n) is 4.30. The maximum atomic E-state index is 12.3. The number of amides is 1. The second-order valence-electron chi connectivity index (χ2n) is 6.04. The summed E-state index contributed by atoms with van der Waals surface area (Å²) in [7, 11) is 0. The number of thiazole rings is 1. The number of benzene rings is 1. The predicted molar refractivity (Wildman–Crippen MR) is 92.3 cm³/mol. The van der Waals surface area contributed by atoms with Crippen LogP contribution >= 0.6 is 11.3 Å². The molecule has 1 amide bonds. The van der Waals surface area contributed by atoms with E-state index in [1.54, 1.807) is 11.3 Å². The molecule has 4 nitrogen and oxygen atoms in total. The normalized spacial score (nSPS) is 18.1. The summed E-state index contributed by atoms with van der Waals surface area (Å²) in [5.41, 5.74) is 2.11. The molecular weight excluding hydrogens is 308 g/mol. The van der Waals surface area contributed by atoms with Crippen molar-refractivity contribution in [3.05, 3.63) is 41.4 Å². The quantitative estimate of drug-likeness (QED) is 0.917. The molecule has 1 atom stereocenters. The molecule has 0 radical (unpaired) electrons. The van der Waals surface area contributed by atoms with Gasteiger partial charge in [-0.25, -0.2) is 4.98 Å². The molecule has 1 saturated heterocycles. The van der Waals surface area contributed by atoms with E-state index < -0.39 is 0 Å². The Bertz CT molecular complexity index is 641. The van der Waals surface area contributed by atoms with Gasteiger partial charge in [0.15, 0.2) is 0 Å². The number of piperidine rings is 1. The largest absolute Gasteiger partial charge is 0.396 e. The molecule has 3 rings (SSSR count). The summed E-state index contributed by atoms with van der Waals surface area (Å²) in [6.45, 7) is 1.69. The van der Waals surface area contributed by atoms with Gasteiger partial charge in [0.1, 0.15) is 5.01 Å². The highest BCUT2D eigenvalue weighted by molar-refractivity contribution is 7.13. The van der Waals surface area contributed by atoms with Crippen molar-refractivity contribution < 1.29 is 9.90 Å². The van der Waals surface area contributed by atoms with Gasteiger partial charge in [0.25, 0.3) is 0 Å². The monoisotopic (exact) mass is 330 g/mol. The summed E-state index contributed by atoms with van der Waals surface area (Å²) in [6.07, 6.45) is 3.19. The third-order valence-corrected chi connectivity index (χ3v) is 5.24. The molecule has 0 aliphatic carbocycles. The van der Waals surface area contributed by atoms with Gasteiger partial charge in [-0.05, 0) is 25.2 Å². The summed E-state index contributed by atoms with van der Waals surface area (Å²) in [5.74, 6) is 0.425. The molecule has 1 fully saturated rings. The number of aryl methyl sites for hydroxylation is 1. The summed E-state index contributed by atoms with van der Waals surface area (Å²) >= 11 is 1.62. The van der Waals surface area contributed by atoms with Crippen molar-refractivity contribution in [3.63, 3.8) is 0 Å². The molecule has 23 heavy (non-hydrogen) atoms. The molecule has 1 N–H and O–H groups in total. The van der Waals surface area contributed by atoms with Crippen molar-refractivity contribution in [2.24, 2.45) is 5.92 Å². The highest BCUT2D eigenvalue weighted by Crippen LogP contribution is 2.24. The van der Waals surface area contributed by atoms with Gasteiger partial charge in [0.05, 0.1) is 5.69 Å². The van der Waals surface area contributed by atoms with Crippen LogP contribution in [0.3, 0.4) is 0 Å². The first-order valence-electron chi connectivity index (χ1n) is 8.14. The van der Waals surface area contributed by atoms with Gasteiger partial charge >= 0.3 is 0 Å². The summed E-state index contributed by atoms with van der Waals surface area (Å²) in [6, 6.07) is 10.1. The van der Waals surface area contributed by atoms with E-state index in [0.29, 0.717) is 19.4 Å². The second-order valence-corrected chi connectivity index (χ2v) is 6.90. The van der Waals surface area contributed by atoms with Crippen LogP contribution in [-0.2, 0) is 11.2 Å². The minimum atomic E-state index is 0.177. The maximum Gasteiger partial charge on any atom is 0.222 e. The Balaban J connectivity index is 1.54. The van der Waals surface area contributed by atoms with Gasteiger partial charge in [-0.3, -0.25) is 4.79 Å². The first kappa shape index (κ1) is 16.1. The van der Waals surface area contributed by atoms with E-state index in [9.17, 15) is 9.90 Å². The molecule has 1 aromatic carbocycles. The van der Waals surface area contributed by atoms with E-state index in [2.05, 4.69) is 17.1 Å². The Kier molecular flexibility index (Phi) is 5.41. The van der Waals surface area contributed by atoms with Crippen molar-refractivity contribution in [2.75, 3.05) is 19.7 Å². The van der Waals surface area contributed by atoms with Crippen molar-refractivity contribution in [3.8, 4) is 10.6 Å². The number of carbonyl (C=O) groups is 1. The Labute approximate surface area is 140 Å². The Morgan fingerprint density at radius 1 is 1.35 bits per heavy atom. The number of aromatic nitrogens is 1. The average Bonchev–Trinajstić information content (AvgIpc) is 3.09. The van der Waals surface area contributed by atoms with E-state index in [0.717, 1.165) is 35.7 Å². The molecule has 0 bridgehead atoms. The fourth-order valence-electron chi connectivity index (χ4n) is 2.97. The molecule has 1 unspecified atom stereocenters. The number of nitrogens with zero attached hydrogens (tertiary/aromatic N) is 2. The number of hydrogen-bond acceptors (Lipinski definition) is 4. The molecule has 2 aromatic rings. The van der Waals surface area contributed by atoms with Gasteiger partial charge in [0.2, 0.25) is 5.91 Å². The van der Waals surface area contributed by atoms with Gasteiger partial charge in [-0.2, -0.15) is 0 Å². The fourth-order valence-corrected chi connectivity index (χ4v) is 3.83. The molecule has 0 saturated carbocycles. The van der Waals surface area contributed by atoms with Crippen LogP contribution < -0.4 is 0 Å². The fraction of sp³-hybridized carbons (Fsp3) is 0.444. The number of hydrogen-bond donors (Lipinski definition) is 1. The number of aliphatic hydroxyl groups excluding tert-OH is 1. The smallest absolute Gasteiger partial charge is 0.222 e. The molecule has 122 valence electrons. The van der Waals surface area contributed by atoms with E-state index in [1.807, 2.05) is 28.5 Å². The summed E-state index contributed by atoms with van der Waals surface area (Å²) in [4.78, 5) is 18.9. The minimum Gasteiger partial charge on any atom is -0.396 e. The highest BCUT2D eigenvalue weighted by Gasteiger charge is 2.22. The van der Waals surface area contributed by atoms with Crippen LogP contribution in [-0.4, -0.2) is 40.6 Å². The van der Waals surface area contributed by atoms with Crippen molar-refractivity contribution in [1.29, 1.82) is 0 Å². The van der Waals surface area contributed by atoms with Gasteiger partial charge in [0, 0.05) is 37.1 Å². The lowest BCUT2D eigenvalue weighted by Crippen LogP contribution is -2.41. The zero-order chi connectivity index (χ0) is 16.1. The Morgan fingerprint density at radius 3 is 2.96 bits per heavy atom. The topological polar surface area (TPSA) is 53.4 Å². The summed E-state index contributed by atoms with van der Waals surface area (Å²) in [5, 5.41) is 12.3. The van der Waals surface area contributed by atoms with Gasteiger partial charge in [-0.1, -0.05) is 30.3 Å². The van der Waals surface area contributed by atoms with Crippen LogP contribution in [0.15, 0.2) is 35.7 Å². The van der Waals surface area contributed by atoms with Crippen molar-refractivity contribution in [2.45, 2.75) is 25.7 Å². The Hall–Kier alpha value is -1.72. The van der Waals surface area contributed by atoms with Crippen LogP contribution in [0.5, 0.6) is 0 Å². The third kappa shape index (κ3) is 4.18. The standard InChI is InChI=1S/C18H22N2O2S/c21-12-14-5-4-10-20(11-14)17(22)9-8-16-13-23-18(19-16)15-6-2-1-3-7-15/h1-3,6-7,13-14,21H,4-5,8-12H2.